The van der Waals surface area contributed by atoms with E-state index in [1.807, 2.05) is 12.1 Å². The van der Waals surface area contributed by atoms with Gasteiger partial charge in [0.05, 0.1) is 0 Å². The topological polar surface area (TPSA) is 0 Å². The molecule has 0 saturated carbocycles. The summed E-state index contributed by atoms with van der Waals surface area (Å²) in [5.74, 6) is 0.683. The van der Waals surface area contributed by atoms with Gasteiger partial charge in [-0.2, -0.15) is 0 Å². The number of hydrogen-bond donors (Lipinski definition) is 0. The molecule has 0 fully saturated rings. The lowest BCUT2D eigenvalue weighted by Gasteiger charge is -2.07. The molecule has 0 unspecified atom stereocenters. The van der Waals surface area contributed by atoms with E-state index in [4.69, 9.17) is 11.6 Å². The summed E-state index contributed by atoms with van der Waals surface area (Å²) < 4.78 is 1.11. The molecular weight excluding hydrogens is 235 g/mol. The highest BCUT2D eigenvalue weighted by molar-refractivity contribution is 9.10. The molecule has 2 heteroatoms. The fraction of sp³-hybridized carbons (Fsp3) is 0.400. The van der Waals surface area contributed by atoms with E-state index in [0.29, 0.717) is 5.92 Å². The van der Waals surface area contributed by atoms with E-state index in [-0.39, 0.29) is 0 Å². The average Bonchev–Trinajstić information content (AvgIpc) is 1.94. The SMILES string of the molecule is CC(C)Cc1ccc(Cl)cc1Br. The summed E-state index contributed by atoms with van der Waals surface area (Å²) in [7, 11) is 0. The molecule has 0 bridgehead atoms. The number of rotatable bonds is 2. The maximum absolute atomic E-state index is 5.82. The normalized spacial score (nSPS) is 10.8. The Kier molecular flexibility index (Phi) is 3.60. The van der Waals surface area contributed by atoms with Crippen LogP contribution < -0.4 is 0 Å². The number of hydrogen-bond acceptors (Lipinski definition) is 0. The summed E-state index contributed by atoms with van der Waals surface area (Å²) in [6.45, 7) is 4.42. The molecule has 1 rings (SSSR count). The molecule has 0 aliphatic heterocycles. The number of benzene rings is 1. The van der Waals surface area contributed by atoms with Gasteiger partial charge in [-0.05, 0) is 30.0 Å². The molecule has 0 atom stereocenters. The van der Waals surface area contributed by atoms with Crippen molar-refractivity contribution in [1.82, 2.24) is 0 Å². The van der Waals surface area contributed by atoms with Gasteiger partial charge in [-0.25, -0.2) is 0 Å². The largest absolute Gasteiger partial charge is 0.0843 e. The van der Waals surface area contributed by atoms with Crippen molar-refractivity contribution in [2.45, 2.75) is 20.3 Å². The van der Waals surface area contributed by atoms with E-state index in [2.05, 4.69) is 35.8 Å². The molecule has 0 saturated heterocycles. The Morgan fingerprint density at radius 2 is 2.08 bits per heavy atom. The molecule has 1 aromatic rings. The molecule has 1 aromatic carbocycles. The third-order valence-corrected chi connectivity index (χ3v) is 2.62. The van der Waals surface area contributed by atoms with Gasteiger partial charge < -0.3 is 0 Å². The standard InChI is InChI=1S/C10H12BrCl/c1-7(2)5-8-3-4-9(12)6-10(8)11/h3-4,6-7H,5H2,1-2H3. The Labute approximate surface area is 87.1 Å². The second-order valence-electron chi connectivity index (χ2n) is 3.33. The molecule has 0 radical (unpaired) electrons. The summed E-state index contributed by atoms with van der Waals surface area (Å²) in [5.41, 5.74) is 1.33. The lowest BCUT2D eigenvalue weighted by molar-refractivity contribution is 0.645. The minimum Gasteiger partial charge on any atom is -0.0843 e. The molecule has 0 aliphatic carbocycles. The van der Waals surface area contributed by atoms with E-state index >= 15 is 0 Å². The van der Waals surface area contributed by atoms with E-state index in [1.54, 1.807) is 0 Å². The van der Waals surface area contributed by atoms with Gasteiger partial charge in [0, 0.05) is 9.50 Å². The molecule has 0 nitrogen and oxygen atoms in total. The molecule has 0 aromatic heterocycles. The average molecular weight is 248 g/mol. The molecule has 0 amide bonds. The van der Waals surface area contributed by atoms with Crippen molar-refractivity contribution in [2.75, 3.05) is 0 Å². The minimum atomic E-state index is 0.683. The highest BCUT2D eigenvalue weighted by atomic mass is 79.9. The lowest BCUT2D eigenvalue weighted by atomic mass is 10.0. The predicted octanol–water partition coefficient (Wildman–Crippen LogP) is 4.30. The summed E-state index contributed by atoms with van der Waals surface area (Å²) in [6.07, 6.45) is 1.09. The van der Waals surface area contributed by atoms with Crippen LogP contribution in [0.1, 0.15) is 19.4 Å². The highest BCUT2D eigenvalue weighted by Crippen LogP contribution is 2.23. The maximum Gasteiger partial charge on any atom is 0.0417 e. The van der Waals surface area contributed by atoms with Crippen LogP contribution in [-0.4, -0.2) is 0 Å². The van der Waals surface area contributed by atoms with Gasteiger partial charge in [0.1, 0.15) is 0 Å². The fourth-order valence-corrected chi connectivity index (χ4v) is 1.97. The van der Waals surface area contributed by atoms with Crippen LogP contribution in [0.25, 0.3) is 0 Å². The smallest absolute Gasteiger partial charge is 0.0417 e. The summed E-state index contributed by atoms with van der Waals surface area (Å²) >= 11 is 9.31. The molecule has 0 heterocycles. The van der Waals surface area contributed by atoms with Crippen molar-refractivity contribution >= 4 is 27.5 Å². The first kappa shape index (κ1) is 10.1. The zero-order valence-corrected chi connectivity index (χ0v) is 9.61. The van der Waals surface area contributed by atoms with Crippen LogP contribution in [0.15, 0.2) is 22.7 Å². The quantitative estimate of drug-likeness (QED) is 0.731. The molecule has 0 aliphatic rings. The van der Waals surface area contributed by atoms with Gasteiger partial charge >= 0.3 is 0 Å². The number of halogens is 2. The third kappa shape index (κ3) is 2.80. The van der Waals surface area contributed by atoms with Crippen molar-refractivity contribution in [3.8, 4) is 0 Å². The lowest BCUT2D eigenvalue weighted by Crippen LogP contribution is -1.94. The Hall–Kier alpha value is -0.0100. The van der Waals surface area contributed by atoms with E-state index in [9.17, 15) is 0 Å². The van der Waals surface area contributed by atoms with Crippen LogP contribution in [0.3, 0.4) is 0 Å². The summed E-state index contributed by atoms with van der Waals surface area (Å²) in [5, 5.41) is 0.786. The maximum atomic E-state index is 5.82. The predicted molar refractivity (Wildman–Crippen MR) is 57.7 cm³/mol. The second kappa shape index (κ2) is 4.29. The van der Waals surface area contributed by atoms with Crippen molar-refractivity contribution in [2.24, 2.45) is 5.92 Å². The molecule has 0 spiro atoms. The summed E-state index contributed by atoms with van der Waals surface area (Å²) in [6, 6.07) is 5.95. The Morgan fingerprint density at radius 3 is 2.58 bits per heavy atom. The van der Waals surface area contributed by atoms with Crippen molar-refractivity contribution in [1.29, 1.82) is 0 Å². The van der Waals surface area contributed by atoms with E-state index < -0.39 is 0 Å². The van der Waals surface area contributed by atoms with E-state index in [1.165, 1.54) is 5.56 Å². The van der Waals surface area contributed by atoms with Crippen LogP contribution in [0.2, 0.25) is 5.02 Å². The van der Waals surface area contributed by atoms with Crippen LogP contribution in [0, 0.1) is 5.92 Å². The van der Waals surface area contributed by atoms with Crippen LogP contribution in [0.5, 0.6) is 0 Å². The van der Waals surface area contributed by atoms with Gasteiger partial charge in [-0.1, -0.05) is 47.4 Å². The highest BCUT2D eigenvalue weighted by Gasteiger charge is 2.02. The first-order valence-electron chi connectivity index (χ1n) is 4.03. The fourth-order valence-electron chi connectivity index (χ4n) is 1.13. The molecular formula is C10H12BrCl. The zero-order valence-electron chi connectivity index (χ0n) is 7.27. The van der Waals surface area contributed by atoms with Crippen LogP contribution in [-0.2, 0) is 6.42 Å². The van der Waals surface area contributed by atoms with Gasteiger partial charge in [0.25, 0.3) is 0 Å². The monoisotopic (exact) mass is 246 g/mol. The molecule has 66 valence electrons. The minimum absolute atomic E-state index is 0.683. The molecule has 0 N–H and O–H groups in total. The zero-order chi connectivity index (χ0) is 9.14. The van der Waals surface area contributed by atoms with Crippen LogP contribution in [0.4, 0.5) is 0 Å². The van der Waals surface area contributed by atoms with Gasteiger partial charge in [0.15, 0.2) is 0 Å². The Balaban J connectivity index is 2.86. The van der Waals surface area contributed by atoms with Gasteiger partial charge in [-0.3, -0.25) is 0 Å². The van der Waals surface area contributed by atoms with Crippen molar-refractivity contribution in [3.05, 3.63) is 33.3 Å². The molecule has 12 heavy (non-hydrogen) atoms. The summed E-state index contributed by atoms with van der Waals surface area (Å²) in [4.78, 5) is 0. The van der Waals surface area contributed by atoms with Gasteiger partial charge in [-0.15, -0.1) is 0 Å². The van der Waals surface area contributed by atoms with Crippen molar-refractivity contribution < 1.29 is 0 Å². The Morgan fingerprint density at radius 1 is 1.42 bits per heavy atom. The Bertz CT molecular complexity index is 269. The van der Waals surface area contributed by atoms with Crippen LogP contribution >= 0.6 is 27.5 Å². The second-order valence-corrected chi connectivity index (χ2v) is 4.62. The first-order chi connectivity index (χ1) is 5.59. The van der Waals surface area contributed by atoms with E-state index in [0.717, 1.165) is 15.9 Å². The first-order valence-corrected chi connectivity index (χ1v) is 5.20. The van der Waals surface area contributed by atoms with Gasteiger partial charge in [0.2, 0.25) is 0 Å². The van der Waals surface area contributed by atoms with Crippen molar-refractivity contribution in [3.63, 3.8) is 0 Å². The third-order valence-electron chi connectivity index (χ3n) is 1.64.